The van der Waals surface area contributed by atoms with Crippen LogP contribution in [-0.4, -0.2) is 59.3 Å². The molecule has 3 heterocycles. The van der Waals surface area contributed by atoms with Crippen LogP contribution in [0.15, 0.2) is 60.9 Å². The summed E-state index contributed by atoms with van der Waals surface area (Å²) in [6.45, 7) is 4.82. The van der Waals surface area contributed by atoms with Crippen molar-refractivity contribution < 1.29 is 13.9 Å². The fraction of sp³-hybridized carbons (Fsp3) is 0.269. The third-order valence-electron chi connectivity index (χ3n) is 5.82. The molecule has 180 valence electrons. The molecule has 0 aliphatic carbocycles. The summed E-state index contributed by atoms with van der Waals surface area (Å²) in [5.41, 5.74) is 2.98. The Hall–Kier alpha value is -2.89. The standard InChI is InChI=1S/C26H25FIN5O2/c27-23-5-3-20(14-19(23)16-28)30-26-22-15-21(35-13-10-33-8-11-34-12-9-33)4-6-24(22)31-25(32-26)18-2-1-7-29-17-18/h1-7,14-15,17H,8-13,16H2,(H,30,31,32). The van der Waals surface area contributed by atoms with E-state index >= 15 is 0 Å². The molecule has 0 saturated carbocycles. The highest BCUT2D eigenvalue weighted by Crippen LogP contribution is 2.31. The maximum absolute atomic E-state index is 14.1. The largest absolute Gasteiger partial charge is 0.492 e. The van der Waals surface area contributed by atoms with Crippen LogP contribution in [-0.2, 0) is 9.16 Å². The second kappa shape index (κ2) is 11.2. The second-order valence-corrected chi connectivity index (χ2v) is 8.95. The number of nitrogens with one attached hydrogen (secondary N) is 1. The Balaban J connectivity index is 1.46. The van der Waals surface area contributed by atoms with Crippen molar-refractivity contribution in [2.75, 3.05) is 44.8 Å². The van der Waals surface area contributed by atoms with Crippen LogP contribution in [0.4, 0.5) is 15.9 Å². The third kappa shape index (κ3) is 5.85. The third-order valence-corrected chi connectivity index (χ3v) is 6.64. The Morgan fingerprint density at radius 2 is 1.97 bits per heavy atom. The van der Waals surface area contributed by atoms with Crippen molar-refractivity contribution in [3.05, 3.63) is 72.3 Å². The molecule has 0 bridgehead atoms. The molecule has 0 spiro atoms. The number of ether oxygens (including phenoxy) is 2. The number of halogens is 2. The first-order valence-corrected chi connectivity index (χ1v) is 13.0. The van der Waals surface area contributed by atoms with Crippen LogP contribution in [0.2, 0.25) is 0 Å². The number of hydrogen-bond donors (Lipinski definition) is 1. The minimum Gasteiger partial charge on any atom is -0.492 e. The molecular weight excluding hydrogens is 560 g/mol. The molecule has 1 aliphatic rings. The molecular formula is C26H25FIN5O2. The van der Waals surface area contributed by atoms with Crippen molar-refractivity contribution in [1.29, 1.82) is 0 Å². The van der Waals surface area contributed by atoms with Gasteiger partial charge in [0.25, 0.3) is 0 Å². The van der Waals surface area contributed by atoms with Gasteiger partial charge in [0.2, 0.25) is 0 Å². The summed E-state index contributed by atoms with van der Waals surface area (Å²) < 4.78 is 26.1. The number of hydrogen-bond acceptors (Lipinski definition) is 7. The smallest absolute Gasteiger partial charge is 0.163 e. The van der Waals surface area contributed by atoms with Crippen LogP contribution in [0.3, 0.4) is 0 Å². The molecule has 1 N–H and O–H groups in total. The van der Waals surface area contributed by atoms with Crippen LogP contribution in [0.1, 0.15) is 5.56 Å². The quantitative estimate of drug-likeness (QED) is 0.225. The fourth-order valence-electron chi connectivity index (χ4n) is 3.93. The first-order valence-electron chi connectivity index (χ1n) is 11.5. The first-order chi connectivity index (χ1) is 17.2. The zero-order valence-electron chi connectivity index (χ0n) is 19.1. The SMILES string of the molecule is Fc1ccc(Nc2nc(-c3cccnc3)nc3ccc(OCCN4CCOCC4)cc23)cc1CI. The summed E-state index contributed by atoms with van der Waals surface area (Å²) >= 11 is 2.16. The normalized spacial score (nSPS) is 14.2. The Morgan fingerprint density at radius 1 is 1.09 bits per heavy atom. The van der Waals surface area contributed by atoms with Gasteiger partial charge in [-0.25, -0.2) is 14.4 Å². The van der Waals surface area contributed by atoms with Crippen molar-refractivity contribution >= 4 is 45.0 Å². The van der Waals surface area contributed by atoms with Gasteiger partial charge in [-0.15, -0.1) is 0 Å². The van der Waals surface area contributed by atoms with Crippen LogP contribution in [0, 0.1) is 5.82 Å². The summed E-state index contributed by atoms with van der Waals surface area (Å²) in [6.07, 6.45) is 3.45. The van der Waals surface area contributed by atoms with Gasteiger partial charge in [-0.1, -0.05) is 22.6 Å². The number of benzene rings is 2. The lowest BCUT2D eigenvalue weighted by atomic mass is 10.1. The van der Waals surface area contributed by atoms with Gasteiger partial charge in [-0.05, 0) is 54.1 Å². The zero-order valence-corrected chi connectivity index (χ0v) is 21.2. The van der Waals surface area contributed by atoms with Crippen molar-refractivity contribution in [3.63, 3.8) is 0 Å². The molecule has 0 amide bonds. The van der Waals surface area contributed by atoms with Crippen LogP contribution in [0.25, 0.3) is 22.3 Å². The lowest BCUT2D eigenvalue weighted by Crippen LogP contribution is -2.38. The molecule has 0 radical (unpaired) electrons. The number of rotatable bonds is 8. The highest BCUT2D eigenvalue weighted by atomic mass is 127. The van der Waals surface area contributed by atoms with Crippen molar-refractivity contribution in [1.82, 2.24) is 19.9 Å². The molecule has 2 aromatic carbocycles. The fourth-order valence-corrected chi connectivity index (χ4v) is 4.51. The topological polar surface area (TPSA) is 72.4 Å². The minimum absolute atomic E-state index is 0.218. The predicted molar refractivity (Wildman–Crippen MR) is 143 cm³/mol. The van der Waals surface area contributed by atoms with Crippen molar-refractivity contribution in [3.8, 4) is 17.1 Å². The van der Waals surface area contributed by atoms with Crippen LogP contribution in [0.5, 0.6) is 5.75 Å². The Labute approximate surface area is 216 Å². The second-order valence-electron chi connectivity index (χ2n) is 8.18. The highest BCUT2D eigenvalue weighted by Gasteiger charge is 2.14. The van der Waals surface area contributed by atoms with E-state index < -0.39 is 0 Å². The Morgan fingerprint density at radius 3 is 2.77 bits per heavy atom. The Kier molecular flexibility index (Phi) is 7.65. The van der Waals surface area contributed by atoms with Gasteiger partial charge in [0, 0.05) is 53.1 Å². The number of alkyl halides is 1. The van der Waals surface area contributed by atoms with E-state index in [2.05, 4.69) is 37.8 Å². The summed E-state index contributed by atoms with van der Waals surface area (Å²) in [5, 5.41) is 4.20. The number of pyridine rings is 1. The van der Waals surface area contributed by atoms with Gasteiger partial charge in [-0.2, -0.15) is 0 Å². The molecule has 1 saturated heterocycles. The lowest BCUT2D eigenvalue weighted by Gasteiger charge is -2.26. The minimum atomic E-state index is -0.218. The van der Waals surface area contributed by atoms with Gasteiger partial charge in [0.05, 0.1) is 18.7 Å². The Bertz CT molecular complexity index is 1300. The number of fused-ring (bicyclic) bond motifs is 1. The first kappa shape index (κ1) is 23.8. The average Bonchev–Trinajstić information content (AvgIpc) is 2.91. The molecule has 35 heavy (non-hydrogen) atoms. The number of morpholine rings is 1. The van der Waals surface area contributed by atoms with Gasteiger partial charge in [0.15, 0.2) is 5.82 Å². The average molecular weight is 585 g/mol. The van der Waals surface area contributed by atoms with Gasteiger partial charge in [-0.3, -0.25) is 9.88 Å². The zero-order chi connectivity index (χ0) is 24.0. The highest BCUT2D eigenvalue weighted by molar-refractivity contribution is 14.1. The van der Waals surface area contributed by atoms with E-state index in [0.29, 0.717) is 28.2 Å². The van der Waals surface area contributed by atoms with E-state index in [-0.39, 0.29) is 5.82 Å². The van der Waals surface area contributed by atoms with Gasteiger partial charge >= 0.3 is 0 Å². The van der Waals surface area contributed by atoms with E-state index in [9.17, 15) is 4.39 Å². The maximum atomic E-state index is 14.1. The van der Waals surface area contributed by atoms with E-state index in [1.807, 2.05) is 36.4 Å². The van der Waals surface area contributed by atoms with E-state index in [1.165, 1.54) is 6.07 Å². The molecule has 4 aromatic rings. The molecule has 7 nitrogen and oxygen atoms in total. The molecule has 1 fully saturated rings. The summed E-state index contributed by atoms with van der Waals surface area (Å²) in [6, 6.07) is 14.6. The van der Waals surface area contributed by atoms with E-state index in [1.54, 1.807) is 18.5 Å². The summed E-state index contributed by atoms with van der Waals surface area (Å²) in [4.78, 5) is 16.1. The molecule has 9 heteroatoms. The molecule has 5 rings (SSSR count). The lowest BCUT2D eigenvalue weighted by molar-refractivity contribution is 0.0322. The van der Waals surface area contributed by atoms with E-state index in [0.717, 1.165) is 60.8 Å². The van der Waals surface area contributed by atoms with Crippen molar-refractivity contribution in [2.45, 2.75) is 4.43 Å². The molecule has 2 aromatic heterocycles. The van der Waals surface area contributed by atoms with Crippen LogP contribution >= 0.6 is 22.6 Å². The molecule has 0 atom stereocenters. The number of nitrogens with zero attached hydrogens (tertiary/aromatic N) is 4. The predicted octanol–water partition coefficient (Wildman–Crippen LogP) is 5.22. The van der Waals surface area contributed by atoms with Crippen molar-refractivity contribution in [2.24, 2.45) is 0 Å². The van der Waals surface area contributed by atoms with E-state index in [4.69, 9.17) is 19.4 Å². The van der Waals surface area contributed by atoms with Gasteiger partial charge in [0.1, 0.15) is 24.0 Å². The number of anilines is 2. The maximum Gasteiger partial charge on any atom is 0.163 e. The molecule has 1 aliphatic heterocycles. The summed E-state index contributed by atoms with van der Waals surface area (Å²) in [5.74, 6) is 1.71. The summed E-state index contributed by atoms with van der Waals surface area (Å²) in [7, 11) is 0. The van der Waals surface area contributed by atoms with Crippen LogP contribution < -0.4 is 10.1 Å². The molecule has 0 unspecified atom stereocenters. The monoisotopic (exact) mass is 585 g/mol. The van der Waals surface area contributed by atoms with Gasteiger partial charge < -0.3 is 14.8 Å². The number of aromatic nitrogens is 3.